The Hall–Kier alpha value is -3.87. The molecule has 30 heavy (non-hydrogen) atoms. The summed E-state index contributed by atoms with van der Waals surface area (Å²) in [6.45, 7) is 4.01. The lowest BCUT2D eigenvalue weighted by Crippen LogP contribution is -2.11. The zero-order chi connectivity index (χ0) is 21.3. The fourth-order valence-corrected chi connectivity index (χ4v) is 3.49. The molecule has 0 atom stereocenters. The van der Waals surface area contributed by atoms with E-state index >= 15 is 0 Å². The zero-order valence-electron chi connectivity index (χ0n) is 16.9. The lowest BCUT2D eigenvalue weighted by Gasteiger charge is -2.08. The number of benzene rings is 2. The number of carbonyl (C=O) groups excluding carboxylic acids is 2. The SMILES string of the molecule is CCOC(=O)c1c(-c2ccccc2C)nc2c3cc(NC(=O)OC)ccc3ccn12. The molecule has 7 nitrogen and oxygen atoms in total. The molecule has 0 saturated heterocycles. The largest absolute Gasteiger partial charge is 0.461 e. The first-order valence-electron chi connectivity index (χ1n) is 9.56. The van der Waals surface area contributed by atoms with Crippen molar-refractivity contribution in [2.45, 2.75) is 13.8 Å². The van der Waals surface area contributed by atoms with Crippen molar-refractivity contribution >= 4 is 34.2 Å². The van der Waals surface area contributed by atoms with Crippen molar-refractivity contribution in [3.05, 3.63) is 66.0 Å². The second-order valence-corrected chi connectivity index (χ2v) is 6.77. The lowest BCUT2D eigenvalue weighted by molar-refractivity contribution is 0.0519. The van der Waals surface area contributed by atoms with Crippen molar-refractivity contribution in [2.75, 3.05) is 19.0 Å². The fraction of sp³-hybridized carbons (Fsp3) is 0.174. The highest BCUT2D eigenvalue weighted by molar-refractivity contribution is 6.03. The van der Waals surface area contributed by atoms with Gasteiger partial charge in [-0.25, -0.2) is 14.6 Å². The van der Waals surface area contributed by atoms with E-state index in [2.05, 4.69) is 10.1 Å². The number of amides is 1. The number of anilines is 1. The highest BCUT2D eigenvalue weighted by Gasteiger charge is 2.23. The summed E-state index contributed by atoms with van der Waals surface area (Å²) < 4.78 is 11.7. The molecule has 1 amide bonds. The molecule has 2 heterocycles. The first kappa shape index (κ1) is 19.4. The fourth-order valence-electron chi connectivity index (χ4n) is 3.49. The Morgan fingerprint density at radius 1 is 1.13 bits per heavy atom. The van der Waals surface area contributed by atoms with Crippen molar-refractivity contribution in [3.8, 4) is 11.3 Å². The number of methoxy groups -OCH3 is 1. The van der Waals surface area contributed by atoms with Crippen LogP contribution in [-0.2, 0) is 9.47 Å². The number of aryl methyl sites for hydroxylation is 1. The van der Waals surface area contributed by atoms with E-state index in [1.807, 2.05) is 55.6 Å². The molecule has 0 aliphatic carbocycles. The monoisotopic (exact) mass is 403 g/mol. The quantitative estimate of drug-likeness (QED) is 0.494. The Balaban J connectivity index is 2.01. The lowest BCUT2D eigenvalue weighted by atomic mass is 10.0. The maximum absolute atomic E-state index is 12.9. The minimum absolute atomic E-state index is 0.264. The molecule has 1 N–H and O–H groups in total. The molecular weight excluding hydrogens is 382 g/mol. The van der Waals surface area contributed by atoms with Gasteiger partial charge in [0.15, 0.2) is 5.69 Å². The average molecular weight is 403 g/mol. The van der Waals surface area contributed by atoms with Gasteiger partial charge in [-0.15, -0.1) is 0 Å². The summed E-state index contributed by atoms with van der Waals surface area (Å²) in [5.74, 6) is -0.438. The molecule has 0 radical (unpaired) electrons. The van der Waals surface area contributed by atoms with Crippen LogP contribution in [0.3, 0.4) is 0 Å². The second-order valence-electron chi connectivity index (χ2n) is 6.77. The summed E-state index contributed by atoms with van der Waals surface area (Å²) in [6, 6.07) is 15.1. The number of rotatable bonds is 4. The average Bonchev–Trinajstić information content (AvgIpc) is 3.14. The van der Waals surface area contributed by atoms with E-state index in [4.69, 9.17) is 9.72 Å². The van der Waals surface area contributed by atoms with Gasteiger partial charge in [-0.05, 0) is 43.0 Å². The summed E-state index contributed by atoms with van der Waals surface area (Å²) in [5, 5.41) is 4.38. The van der Waals surface area contributed by atoms with Gasteiger partial charge in [-0.1, -0.05) is 30.3 Å². The van der Waals surface area contributed by atoms with E-state index in [1.165, 1.54) is 7.11 Å². The normalized spacial score (nSPS) is 10.9. The van der Waals surface area contributed by atoms with Gasteiger partial charge in [0.25, 0.3) is 0 Å². The Morgan fingerprint density at radius 3 is 2.67 bits per heavy atom. The minimum Gasteiger partial charge on any atom is -0.461 e. The molecule has 0 spiro atoms. The van der Waals surface area contributed by atoms with Crippen LogP contribution in [0.25, 0.3) is 27.7 Å². The van der Waals surface area contributed by atoms with E-state index in [-0.39, 0.29) is 6.61 Å². The number of esters is 1. The van der Waals surface area contributed by atoms with E-state index in [1.54, 1.807) is 17.4 Å². The molecule has 0 saturated carbocycles. The van der Waals surface area contributed by atoms with E-state index in [9.17, 15) is 9.59 Å². The van der Waals surface area contributed by atoms with Gasteiger partial charge in [0.2, 0.25) is 0 Å². The summed E-state index contributed by atoms with van der Waals surface area (Å²) in [6.07, 6.45) is 1.25. The van der Waals surface area contributed by atoms with Gasteiger partial charge < -0.3 is 9.47 Å². The molecule has 0 aliphatic heterocycles. The number of hydrogen-bond donors (Lipinski definition) is 1. The van der Waals surface area contributed by atoms with Crippen LogP contribution in [0.1, 0.15) is 23.0 Å². The molecule has 0 unspecified atom stereocenters. The third-order valence-electron chi connectivity index (χ3n) is 4.91. The highest BCUT2D eigenvalue weighted by atomic mass is 16.5. The van der Waals surface area contributed by atoms with E-state index < -0.39 is 12.1 Å². The van der Waals surface area contributed by atoms with Crippen LogP contribution >= 0.6 is 0 Å². The van der Waals surface area contributed by atoms with Gasteiger partial charge in [0.1, 0.15) is 11.3 Å². The maximum atomic E-state index is 12.9. The molecule has 7 heteroatoms. The van der Waals surface area contributed by atoms with Crippen molar-refractivity contribution < 1.29 is 19.1 Å². The molecular formula is C23H21N3O4. The first-order valence-corrected chi connectivity index (χ1v) is 9.56. The number of hydrogen-bond acceptors (Lipinski definition) is 5. The van der Waals surface area contributed by atoms with Crippen LogP contribution in [0.15, 0.2) is 54.7 Å². The van der Waals surface area contributed by atoms with Crippen molar-refractivity contribution in [2.24, 2.45) is 0 Å². The predicted octanol–water partition coefficient (Wildman–Crippen LogP) is 4.82. The molecule has 2 aromatic carbocycles. The predicted molar refractivity (Wildman–Crippen MR) is 115 cm³/mol. The molecule has 0 bridgehead atoms. The molecule has 4 aromatic rings. The van der Waals surface area contributed by atoms with Crippen molar-refractivity contribution in [1.82, 2.24) is 9.38 Å². The van der Waals surface area contributed by atoms with Gasteiger partial charge in [0.05, 0.1) is 13.7 Å². The van der Waals surface area contributed by atoms with Crippen LogP contribution in [-0.4, -0.2) is 35.2 Å². The smallest absolute Gasteiger partial charge is 0.411 e. The Morgan fingerprint density at radius 2 is 1.93 bits per heavy atom. The van der Waals surface area contributed by atoms with Crippen LogP contribution in [0.2, 0.25) is 0 Å². The number of nitrogens with zero attached hydrogens (tertiary/aromatic N) is 2. The third-order valence-corrected chi connectivity index (χ3v) is 4.91. The van der Waals surface area contributed by atoms with Gasteiger partial charge in [-0.2, -0.15) is 0 Å². The van der Waals surface area contributed by atoms with Crippen LogP contribution in [0.5, 0.6) is 0 Å². The second kappa shape index (κ2) is 7.87. The summed E-state index contributed by atoms with van der Waals surface area (Å²) in [4.78, 5) is 29.3. The number of aromatic nitrogens is 2. The molecule has 0 aliphatic rings. The van der Waals surface area contributed by atoms with Gasteiger partial charge in [0, 0.05) is 22.8 Å². The zero-order valence-corrected chi connectivity index (χ0v) is 16.9. The Bertz CT molecular complexity index is 1280. The van der Waals surface area contributed by atoms with Crippen LogP contribution < -0.4 is 5.32 Å². The van der Waals surface area contributed by atoms with E-state index in [0.717, 1.165) is 21.9 Å². The number of ether oxygens (including phenoxy) is 2. The molecule has 152 valence electrons. The standard InChI is InChI=1S/C23H21N3O4/c1-4-30-22(27)20-19(17-8-6-5-7-14(17)2)25-21-18-13-16(24-23(28)29-3)10-9-15(18)11-12-26(20)21/h5-13H,4H2,1-3H3,(H,24,28). The molecule has 4 rings (SSSR count). The van der Waals surface area contributed by atoms with Gasteiger partial charge in [-0.3, -0.25) is 9.72 Å². The number of nitrogens with one attached hydrogen (secondary N) is 1. The Kier molecular flexibility index (Phi) is 5.10. The summed E-state index contributed by atoms with van der Waals surface area (Å²) in [7, 11) is 1.31. The van der Waals surface area contributed by atoms with E-state index in [0.29, 0.717) is 22.7 Å². The summed E-state index contributed by atoms with van der Waals surface area (Å²) in [5.41, 5.74) is 3.97. The summed E-state index contributed by atoms with van der Waals surface area (Å²) >= 11 is 0. The number of pyridine rings is 1. The first-order chi connectivity index (χ1) is 14.5. The topological polar surface area (TPSA) is 81.9 Å². The molecule has 2 aromatic heterocycles. The highest BCUT2D eigenvalue weighted by Crippen LogP contribution is 2.31. The maximum Gasteiger partial charge on any atom is 0.411 e. The minimum atomic E-state index is -0.558. The third kappa shape index (κ3) is 3.34. The van der Waals surface area contributed by atoms with Crippen molar-refractivity contribution in [1.29, 1.82) is 0 Å². The number of imidazole rings is 1. The number of carbonyl (C=O) groups is 2. The molecule has 0 fully saturated rings. The number of fused-ring (bicyclic) bond motifs is 3. The Labute approximate surface area is 173 Å². The van der Waals surface area contributed by atoms with Crippen LogP contribution in [0, 0.1) is 6.92 Å². The van der Waals surface area contributed by atoms with Gasteiger partial charge >= 0.3 is 12.1 Å². The van der Waals surface area contributed by atoms with Crippen LogP contribution in [0.4, 0.5) is 10.5 Å². The van der Waals surface area contributed by atoms with Crippen molar-refractivity contribution in [3.63, 3.8) is 0 Å².